The Hall–Kier alpha value is -0.290. The molecule has 0 saturated carbocycles. The van der Waals surface area contributed by atoms with E-state index >= 15 is 0 Å². The van der Waals surface area contributed by atoms with Gasteiger partial charge in [0.2, 0.25) is 0 Å². The molecule has 0 radical (unpaired) electrons. The van der Waals surface area contributed by atoms with Crippen molar-refractivity contribution >= 4 is 33.2 Å². The van der Waals surface area contributed by atoms with Gasteiger partial charge in [-0.2, -0.15) is 0 Å². The highest BCUT2D eigenvalue weighted by Gasteiger charge is 2.17. The van der Waals surface area contributed by atoms with Crippen molar-refractivity contribution in [3.05, 3.63) is 28.8 Å². The molecule has 0 amide bonds. The Morgan fingerprint density at radius 3 is 2.58 bits per heavy atom. The Balaban J connectivity index is 2.95. The molecule has 0 aliphatic rings. The number of hydrogen-bond acceptors (Lipinski definition) is 3. The number of anilines is 1. The predicted molar refractivity (Wildman–Crippen MR) is 84.6 cm³/mol. The van der Waals surface area contributed by atoms with Crippen LogP contribution in [-0.2, 0) is 14.8 Å². The normalized spacial score (nSPS) is 12.5. The first kappa shape index (κ1) is 16.8. The predicted octanol–water partition coefficient (Wildman–Crippen LogP) is 3.72. The van der Waals surface area contributed by atoms with Crippen molar-refractivity contribution in [1.29, 1.82) is 0 Å². The Labute approximate surface area is 129 Å². The molecule has 1 unspecified atom stereocenters. The van der Waals surface area contributed by atoms with Gasteiger partial charge in [0.05, 0.1) is 23.9 Å². The van der Waals surface area contributed by atoms with E-state index in [0.717, 1.165) is 22.6 Å². The van der Waals surface area contributed by atoms with Crippen molar-refractivity contribution in [3.8, 4) is 0 Å². The third-order valence-electron chi connectivity index (χ3n) is 2.95. The van der Waals surface area contributed by atoms with Crippen LogP contribution in [0.15, 0.2) is 18.2 Å². The minimum Gasteiger partial charge on any atom is -0.383 e. The maximum atomic E-state index is 6.38. The van der Waals surface area contributed by atoms with Gasteiger partial charge >= 0.3 is 0 Å². The van der Waals surface area contributed by atoms with Crippen LogP contribution in [0.3, 0.4) is 0 Å². The molecule has 0 bridgehead atoms. The van der Waals surface area contributed by atoms with E-state index in [-0.39, 0.29) is 6.04 Å². The smallest absolute Gasteiger partial charge is 0.0663 e. The lowest BCUT2D eigenvalue weighted by Gasteiger charge is -2.31. The van der Waals surface area contributed by atoms with Crippen LogP contribution in [0.1, 0.15) is 12.5 Å². The van der Waals surface area contributed by atoms with Crippen LogP contribution < -0.4 is 4.90 Å². The van der Waals surface area contributed by atoms with E-state index in [1.165, 1.54) is 5.56 Å². The van der Waals surface area contributed by atoms with E-state index in [9.17, 15) is 0 Å². The molecule has 0 N–H and O–H groups in total. The summed E-state index contributed by atoms with van der Waals surface area (Å²) in [6.07, 6.45) is 0. The Morgan fingerprint density at radius 2 is 2.05 bits per heavy atom. The van der Waals surface area contributed by atoms with Crippen LogP contribution >= 0.6 is 27.5 Å². The van der Waals surface area contributed by atoms with Crippen LogP contribution in [0.4, 0.5) is 5.69 Å². The second-order valence-electron chi connectivity index (χ2n) is 4.41. The molecular weight excluding hydrogens is 330 g/mol. The van der Waals surface area contributed by atoms with Gasteiger partial charge in [0.15, 0.2) is 0 Å². The second-order valence-corrected chi connectivity index (χ2v) is 5.38. The third kappa shape index (κ3) is 4.95. The lowest BCUT2D eigenvalue weighted by Crippen LogP contribution is -2.38. The standard InChI is InChI=1S/C14H21BrClNO2/c1-11(10-19-3)17(6-7-18-2)14-5-4-12(9-15)8-13(14)16/h4-5,8,11H,6-7,9-10H2,1-3H3. The fourth-order valence-electron chi connectivity index (χ4n) is 1.97. The van der Waals surface area contributed by atoms with Gasteiger partial charge in [-0.1, -0.05) is 33.6 Å². The SMILES string of the molecule is COCCN(c1ccc(CBr)cc1Cl)C(C)COC. The van der Waals surface area contributed by atoms with E-state index in [1.807, 2.05) is 6.07 Å². The van der Waals surface area contributed by atoms with E-state index in [0.29, 0.717) is 13.2 Å². The number of alkyl halides is 1. The summed E-state index contributed by atoms with van der Waals surface area (Å²) in [5.41, 5.74) is 2.19. The van der Waals surface area contributed by atoms with Crippen LogP contribution in [0.5, 0.6) is 0 Å². The maximum absolute atomic E-state index is 6.38. The summed E-state index contributed by atoms with van der Waals surface area (Å²) in [5, 5.41) is 1.56. The molecule has 0 heterocycles. The Morgan fingerprint density at radius 1 is 1.32 bits per heavy atom. The molecule has 1 rings (SSSR count). The lowest BCUT2D eigenvalue weighted by atomic mass is 10.2. The molecule has 0 fully saturated rings. The first-order valence-electron chi connectivity index (χ1n) is 6.23. The van der Waals surface area contributed by atoms with Crippen molar-refractivity contribution < 1.29 is 9.47 Å². The summed E-state index contributed by atoms with van der Waals surface area (Å²) in [7, 11) is 3.41. The number of nitrogens with zero attached hydrogens (tertiary/aromatic N) is 1. The summed E-state index contributed by atoms with van der Waals surface area (Å²) in [4.78, 5) is 2.22. The third-order valence-corrected chi connectivity index (χ3v) is 3.90. The molecule has 1 aromatic carbocycles. The summed E-state index contributed by atoms with van der Waals surface area (Å²) in [5.74, 6) is 0. The van der Waals surface area contributed by atoms with E-state index in [2.05, 4.69) is 39.9 Å². The zero-order valence-electron chi connectivity index (χ0n) is 11.7. The van der Waals surface area contributed by atoms with Gasteiger partial charge in [-0.25, -0.2) is 0 Å². The monoisotopic (exact) mass is 349 g/mol. The van der Waals surface area contributed by atoms with Gasteiger partial charge < -0.3 is 14.4 Å². The van der Waals surface area contributed by atoms with Crippen LogP contribution in [0, 0.1) is 0 Å². The van der Waals surface area contributed by atoms with Crippen LogP contribution in [-0.4, -0.2) is 40.0 Å². The van der Waals surface area contributed by atoms with Gasteiger partial charge in [-0.3, -0.25) is 0 Å². The van der Waals surface area contributed by atoms with Crippen molar-refractivity contribution in [3.63, 3.8) is 0 Å². The average molecular weight is 351 g/mol. The average Bonchev–Trinajstić information content (AvgIpc) is 2.40. The Bertz CT molecular complexity index is 390. The molecule has 1 atom stereocenters. The number of ether oxygens (including phenoxy) is 2. The molecule has 0 aliphatic carbocycles. The lowest BCUT2D eigenvalue weighted by molar-refractivity contribution is 0.171. The number of rotatable bonds is 8. The summed E-state index contributed by atoms with van der Waals surface area (Å²) in [6.45, 7) is 4.22. The minimum absolute atomic E-state index is 0.243. The highest BCUT2D eigenvalue weighted by molar-refractivity contribution is 9.08. The first-order chi connectivity index (χ1) is 9.13. The van der Waals surface area contributed by atoms with Crippen LogP contribution in [0.2, 0.25) is 5.02 Å². The zero-order valence-corrected chi connectivity index (χ0v) is 14.0. The number of methoxy groups -OCH3 is 2. The maximum Gasteiger partial charge on any atom is 0.0663 e. The summed E-state index contributed by atoms with van der Waals surface area (Å²) in [6, 6.07) is 6.37. The molecule has 108 valence electrons. The fourth-order valence-corrected chi connectivity index (χ4v) is 2.63. The molecule has 19 heavy (non-hydrogen) atoms. The van der Waals surface area contributed by atoms with Gasteiger partial charge in [0.1, 0.15) is 0 Å². The number of benzene rings is 1. The molecule has 0 saturated heterocycles. The van der Waals surface area contributed by atoms with Gasteiger partial charge in [-0.15, -0.1) is 0 Å². The second kappa shape index (κ2) is 8.80. The highest BCUT2D eigenvalue weighted by atomic mass is 79.9. The largest absolute Gasteiger partial charge is 0.383 e. The van der Waals surface area contributed by atoms with E-state index < -0.39 is 0 Å². The quantitative estimate of drug-likeness (QED) is 0.667. The van der Waals surface area contributed by atoms with Crippen molar-refractivity contribution in [1.82, 2.24) is 0 Å². The molecule has 0 aromatic heterocycles. The van der Waals surface area contributed by atoms with Crippen molar-refractivity contribution in [2.45, 2.75) is 18.3 Å². The molecular formula is C14H21BrClNO2. The fraction of sp³-hybridized carbons (Fsp3) is 0.571. The van der Waals surface area contributed by atoms with Gasteiger partial charge in [-0.05, 0) is 24.6 Å². The van der Waals surface area contributed by atoms with E-state index in [1.54, 1.807) is 14.2 Å². The number of halogens is 2. The molecule has 1 aromatic rings. The van der Waals surface area contributed by atoms with E-state index in [4.69, 9.17) is 21.1 Å². The summed E-state index contributed by atoms with van der Waals surface area (Å²) < 4.78 is 10.4. The molecule has 0 spiro atoms. The highest BCUT2D eigenvalue weighted by Crippen LogP contribution is 2.29. The molecule has 3 nitrogen and oxygen atoms in total. The van der Waals surface area contributed by atoms with Crippen LogP contribution in [0.25, 0.3) is 0 Å². The topological polar surface area (TPSA) is 21.7 Å². The molecule has 0 aliphatic heterocycles. The number of hydrogen-bond donors (Lipinski definition) is 0. The van der Waals surface area contributed by atoms with Crippen molar-refractivity contribution in [2.75, 3.05) is 38.9 Å². The Kier molecular flexibility index (Phi) is 7.76. The molecule has 5 heteroatoms. The zero-order chi connectivity index (χ0) is 14.3. The first-order valence-corrected chi connectivity index (χ1v) is 7.72. The summed E-state index contributed by atoms with van der Waals surface area (Å²) >= 11 is 9.82. The van der Waals surface area contributed by atoms with Gasteiger partial charge in [0, 0.05) is 32.1 Å². The van der Waals surface area contributed by atoms with Gasteiger partial charge in [0.25, 0.3) is 0 Å². The minimum atomic E-state index is 0.243. The van der Waals surface area contributed by atoms with Crippen molar-refractivity contribution in [2.24, 2.45) is 0 Å².